The summed E-state index contributed by atoms with van der Waals surface area (Å²) in [6.45, 7) is 11.3. The molecule has 130 valence electrons. The average Bonchev–Trinajstić information content (AvgIpc) is 2.54. The number of rotatable bonds is 9. The molecule has 0 spiro atoms. The molecule has 3 N–H and O–H groups in total. The van der Waals surface area contributed by atoms with E-state index in [0.717, 1.165) is 6.42 Å². The van der Waals surface area contributed by atoms with Gasteiger partial charge in [-0.25, -0.2) is 4.79 Å². The number of unbranched alkanes of at least 4 members (excludes halogenated alkanes) is 1. The van der Waals surface area contributed by atoms with E-state index in [-0.39, 0.29) is 12.1 Å². The zero-order valence-corrected chi connectivity index (χ0v) is 16.1. The quantitative estimate of drug-likeness (QED) is 0.249. The highest BCUT2D eigenvalue weighted by Gasteiger charge is 2.49. The van der Waals surface area contributed by atoms with Gasteiger partial charge in [0.1, 0.15) is 0 Å². The second-order valence-corrected chi connectivity index (χ2v) is 12.2. The largest absolute Gasteiger partial charge is 0.463 e. The zero-order valence-electron chi connectivity index (χ0n) is 15.1. The predicted octanol–water partition coefficient (Wildman–Crippen LogP) is 5.87. The van der Waals surface area contributed by atoms with Gasteiger partial charge >= 0.3 is 5.97 Å². The van der Waals surface area contributed by atoms with Gasteiger partial charge in [0.25, 0.3) is 0 Å². The molecule has 0 saturated carbocycles. The van der Waals surface area contributed by atoms with Crippen LogP contribution < -0.4 is 6.15 Å². The second kappa shape index (κ2) is 10.2. The molecule has 0 aliphatic carbocycles. The van der Waals surface area contributed by atoms with Gasteiger partial charge in [0.15, 0.2) is 0 Å². The lowest BCUT2D eigenvalue weighted by atomic mass is 9.91. The maximum absolute atomic E-state index is 11.1. The fraction of sp³-hybridized carbons (Fsp3) is 0.833. The molecule has 0 aromatic heterocycles. The van der Waals surface area contributed by atoms with Crippen molar-refractivity contribution in [2.45, 2.75) is 88.9 Å². The van der Waals surface area contributed by atoms with Crippen LogP contribution in [-0.4, -0.2) is 20.7 Å². The molecule has 0 bridgehead atoms. The standard InChI is InChI=1S/C18H34O2Si.H3N/c1-5-17(19)20-15-11-9-13-18(6-2)14-10-12-16-21(18,7-3)8-4;/h5H,1,6-16H2,2-4H3;1H3. The number of hydrogen-bond donors (Lipinski definition) is 1. The molecule has 1 saturated heterocycles. The fourth-order valence-corrected chi connectivity index (χ4v) is 11.1. The average molecular weight is 328 g/mol. The van der Waals surface area contributed by atoms with E-state index in [0.29, 0.717) is 11.6 Å². The fourth-order valence-electron chi connectivity index (χ4n) is 4.73. The van der Waals surface area contributed by atoms with Crippen LogP contribution in [0.4, 0.5) is 0 Å². The van der Waals surface area contributed by atoms with E-state index in [9.17, 15) is 4.79 Å². The molecule has 3 nitrogen and oxygen atoms in total. The lowest BCUT2D eigenvalue weighted by Crippen LogP contribution is -2.49. The van der Waals surface area contributed by atoms with Gasteiger partial charge in [-0.1, -0.05) is 64.7 Å². The summed E-state index contributed by atoms with van der Waals surface area (Å²) >= 11 is 0. The van der Waals surface area contributed by atoms with E-state index in [1.807, 2.05) is 0 Å². The summed E-state index contributed by atoms with van der Waals surface area (Å²) in [5, 5.41) is 0.650. The van der Waals surface area contributed by atoms with Crippen molar-refractivity contribution >= 4 is 14.0 Å². The first-order valence-electron chi connectivity index (χ1n) is 8.89. The molecule has 22 heavy (non-hydrogen) atoms. The predicted molar refractivity (Wildman–Crippen MR) is 98.4 cm³/mol. The van der Waals surface area contributed by atoms with E-state index >= 15 is 0 Å². The molecule has 1 rings (SSSR count). The maximum atomic E-state index is 11.1. The first-order valence-corrected chi connectivity index (χ1v) is 11.5. The Morgan fingerprint density at radius 1 is 1.23 bits per heavy atom. The number of carbonyl (C=O) groups is 1. The summed E-state index contributed by atoms with van der Waals surface area (Å²) in [7, 11) is -1.12. The Bertz CT molecular complexity index is 342. The van der Waals surface area contributed by atoms with E-state index in [4.69, 9.17) is 4.74 Å². The Labute approximate surface area is 138 Å². The summed E-state index contributed by atoms with van der Waals surface area (Å²) in [5.74, 6) is -0.288. The number of ether oxygens (including phenoxy) is 1. The van der Waals surface area contributed by atoms with Crippen molar-refractivity contribution in [1.29, 1.82) is 0 Å². The number of esters is 1. The minimum absolute atomic E-state index is 0. The normalized spacial score (nSPS) is 23.4. The summed E-state index contributed by atoms with van der Waals surface area (Å²) in [5.41, 5.74) is 0. The van der Waals surface area contributed by atoms with Gasteiger partial charge in [0.05, 0.1) is 14.7 Å². The molecule has 0 aromatic carbocycles. The van der Waals surface area contributed by atoms with Crippen LogP contribution in [0.3, 0.4) is 0 Å². The Morgan fingerprint density at radius 3 is 2.45 bits per heavy atom. The van der Waals surface area contributed by atoms with Crippen LogP contribution in [0.2, 0.25) is 23.2 Å². The Balaban J connectivity index is 0.00000441. The van der Waals surface area contributed by atoms with Gasteiger partial charge in [0.2, 0.25) is 0 Å². The van der Waals surface area contributed by atoms with Crippen LogP contribution in [0.25, 0.3) is 0 Å². The summed E-state index contributed by atoms with van der Waals surface area (Å²) in [6.07, 6.45) is 10.5. The zero-order chi connectivity index (χ0) is 15.8. The van der Waals surface area contributed by atoms with Crippen molar-refractivity contribution in [1.82, 2.24) is 6.15 Å². The SMILES string of the molecule is C=CC(=O)OCCCCC1(CC)CCCC[Si]1(CC)CC.N. The molecular weight excluding hydrogens is 290 g/mol. The number of hydrogen-bond acceptors (Lipinski definition) is 3. The van der Waals surface area contributed by atoms with Crippen LogP contribution in [0.1, 0.15) is 65.7 Å². The first kappa shape index (κ1) is 21.4. The van der Waals surface area contributed by atoms with Crippen molar-refractivity contribution in [3.63, 3.8) is 0 Å². The number of carbonyl (C=O) groups excluding carboxylic acids is 1. The third kappa shape index (κ3) is 4.69. The minimum atomic E-state index is -1.12. The van der Waals surface area contributed by atoms with Crippen molar-refractivity contribution in [3.05, 3.63) is 12.7 Å². The van der Waals surface area contributed by atoms with Gasteiger partial charge in [-0.15, -0.1) is 0 Å². The minimum Gasteiger partial charge on any atom is -0.463 e. The van der Waals surface area contributed by atoms with E-state index in [1.54, 1.807) is 6.04 Å². The highest BCUT2D eigenvalue weighted by atomic mass is 28.3. The molecule has 1 fully saturated rings. The Morgan fingerprint density at radius 2 is 1.91 bits per heavy atom. The third-order valence-corrected chi connectivity index (χ3v) is 13.3. The second-order valence-electron chi connectivity index (χ2n) is 6.66. The Kier molecular flexibility index (Phi) is 9.93. The molecule has 1 aliphatic heterocycles. The molecule has 0 aromatic rings. The van der Waals surface area contributed by atoms with Gasteiger partial charge < -0.3 is 10.9 Å². The highest BCUT2D eigenvalue weighted by Crippen LogP contribution is 2.58. The maximum Gasteiger partial charge on any atom is 0.330 e. The lowest BCUT2D eigenvalue weighted by Gasteiger charge is -2.53. The smallest absolute Gasteiger partial charge is 0.330 e. The van der Waals surface area contributed by atoms with Gasteiger partial charge in [-0.2, -0.15) is 0 Å². The Hall–Kier alpha value is -0.613. The highest BCUT2D eigenvalue weighted by molar-refractivity contribution is 6.82. The van der Waals surface area contributed by atoms with Crippen molar-refractivity contribution in [2.75, 3.05) is 6.61 Å². The van der Waals surface area contributed by atoms with Gasteiger partial charge in [-0.05, 0) is 30.7 Å². The van der Waals surface area contributed by atoms with E-state index in [2.05, 4.69) is 27.4 Å². The van der Waals surface area contributed by atoms with Crippen LogP contribution in [0.5, 0.6) is 0 Å². The summed E-state index contributed by atoms with van der Waals surface area (Å²) in [6, 6.07) is 4.44. The molecule has 0 amide bonds. The monoisotopic (exact) mass is 327 g/mol. The summed E-state index contributed by atoms with van der Waals surface area (Å²) in [4.78, 5) is 11.1. The summed E-state index contributed by atoms with van der Waals surface area (Å²) < 4.78 is 5.11. The topological polar surface area (TPSA) is 61.3 Å². The van der Waals surface area contributed by atoms with E-state index < -0.39 is 8.07 Å². The molecule has 1 unspecified atom stereocenters. The van der Waals surface area contributed by atoms with Crippen LogP contribution in [0, 0.1) is 0 Å². The van der Waals surface area contributed by atoms with Crippen molar-refractivity contribution < 1.29 is 9.53 Å². The third-order valence-electron chi connectivity index (χ3n) is 6.18. The molecule has 4 heteroatoms. The van der Waals surface area contributed by atoms with Crippen molar-refractivity contribution in [3.8, 4) is 0 Å². The molecule has 1 atom stereocenters. The van der Waals surface area contributed by atoms with Crippen LogP contribution in [0.15, 0.2) is 12.7 Å². The van der Waals surface area contributed by atoms with Crippen LogP contribution >= 0.6 is 0 Å². The molecule has 1 heterocycles. The molecule has 0 radical (unpaired) electrons. The van der Waals surface area contributed by atoms with Gasteiger partial charge in [-0.3, -0.25) is 0 Å². The van der Waals surface area contributed by atoms with Crippen LogP contribution in [-0.2, 0) is 9.53 Å². The van der Waals surface area contributed by atoms with Crippen molar-refractivity contribution in [2.24, 2.45) is 0 Å². The first-order chi connectivity index (χ1) is 10.1. The van der Waals surface area contributed by atoms with E-state index in [1.165, 1.54) is 56.7 Å². The lowest BCUT2D eigenvalue weighted by molar-refractivity contribution is -0.137. The molecular formula is C18H37NO2Si. The van der Waals surface area contributed by atoms with Gasteiger partial charge in [0, 0.05) is 6.08 Å². The molecule has 1 aliphatic rings.